The van der Waals surface area contributed by atoms with Crippen LogP contribution >= 0.6 is 11.6 Å². The fourth-order valence-corrected chi connectivity index (χ4v) is 0.579. The summed E-state index contributed by atoms with van der Waals surface area (Å²) in [5.41, 5.74) is 0. The molecular weight excluding hydrogens is 184 g/mol. The zero-order valence-corrected chi connectivity index (χ0v) is 7.55. The van der Waals surface area contributed by atoms with Gasteiger partial charge in [-0.15, -0.1) is 11.6 Å². The molecule has 1 unspecified atom stereocenters. The Balaban J connectivity index is 4.19. The van der Waals surface area contributed by atoms with Crippen LogP contribution in [0.4, 0.5) is 0 Å². The van der Waals surface area contributed by atoms with Crippen LogP contribution in [0.3, 0.4) is 0 Å². The third-order valence-corrected chi connectivity index (χ3v) is 1.57. The van der Waals surface area contributed by atoms with Crippen molar-refractivity contribution >= 4 is 29.1 Å². The van der Waals surface area contributed by atoms with Gasteiger partial charge in [0, 0.05) is 0 Å². The Labute approximate surface area is 74.8 Å². The maximum Gasteiger partial charge on any atom is 0.376 e. The molecule has 0 rings (SSSR count). The maximum atomic E-state index is 10.8. The van der Waals surface area contributed by atoms with Gasteiger partial charge in [-0.3, -0.25) is 9.59 Å². The van der Waals surface area contributed by atoms with Crippen LogP contribution in [0.1, 0.15) is 13.8 Å². The molecular formula is C7H9ClO4. The molecule has 0 aromatic heterocycles. The van der Waals surface area contributed by atoms with Crippen molar-refractivity contribution in [3.8, 4) is 0 Å². The molecule has 0 spiro atoms. The predicted molar refractivity (Wildman–Crippen MR) is 42.0 cm³/mol. The normalized spacial score (nSPS) is 11.9. The summed E-state index contributed by atoms with van der Waals surface area (Å²) < 4.78 is 4.35. The van der Waals surface area contributed by atoms with E-state index in [2.05, 4.69) is 4.74 Å². The SMILES string of the molecule is CCOC(=O)C(=O)C(Cl)C(C)=O. The lowest BCUT2D eigenvalue weighted by Gasteiger charge is -2.02. The molecule has 0 aromatic rings. The van der Waals surface area contributed by atoms with E-state index in [9.17, 15) is 14.4 Å². The summed E-state index contributed by atoms with van der Waals surface area (Å²) in [5.74, 6) is -2.63. The zero-order valence-electron chi connectivity index (χ0n) is 6.80. The van der Waals surface area contributed by atoms with Gasteiger partial charge >= 0.3 is 5.97 Å². The standard InChI is InChI=1S/C7H9ClO4/c1-3-12-7(11)6(10)5(8)4(2)9/h5H,3H2,1-2H3. The molecule has 12 heavy (non-hydrogen) atoms. The molecule has 0 saturated carbocycles. The Kier molecular flexibility index (Phi) is 4.51. The van der Waals surface area contributed by atoms with Gasteiger partial charge in [0.1, 0.15) is 0 Å². The molecule has 5 heteroatoms. The lowest BCUT2D eigenvalue weighted by atomic mass is 10.2. The van der Waals surface area contributed by atoms with E-state index in [1.165, 1.54) is 0 Å². The molecule has 4 nitrogen and oxygen atoms in total. The Bertz CT molecular complexity index is 211. The first kappa shape index (κ1) is 11.1. The van der Waals surface area contributed by atoms with Crippen LogP contribution in [0.2, 0.25) is 0 Å². The molecule has 0 fully saturated rings. The van der Waals surface area contributed by atoms with Crippen molar-refractivity contribution in [2.45, 2.75) is 19.2 Å². The number of Topliss-reactive ketones (excluding diaryl/α,β-unsaturated/α-hetero) is 2. The maximum absolute atomic E-state index is 10.8. The average molecular weight is 193 g/mol. The van der Waals surface area contributed by atoms with Crippen LogP contribution in [-0.4, -0.2) is 29.5 Å². The summed E-state index contributed by atoms with van der Waals surface area (Å²) in [7, 11) is 0. The van der Waals surface area contributed by atoms with Crippen molar-refractivity contribution in [3.63, 3.8) is 0 Å². The number of hydrogen-bond donors (Lipinski definition) is 0. The number of rotatable bonds is 4. The number of carbonyl (C=O) groups excluding carboxylic acids is 3. The lowest BCUT2D eigenvalue weighted by Crippen LogP contribution is -2.31. The Hall–Kier alpha value is -0.900. The van der Waals surface area contributed by atoms with Crippen molar-refractivity contribution in [1.29, 1.82) is 0 Å². The van der Waals surface area contributed by atoms with Crippen molar-refractivity contribution < 1.29 is 19.1 Å². The van der Waals surface area contributed by atoms with Crippen LogP contribution in [0.5, 0.6) is 0 Å². The van der Waals surface area contributed by atoms with Crippen molar-refractivity contribution in [3.05, 3.63) is 0 Å². The fraction of sp³-hybridized carbons (Fsp3) is 0.571. The second kappa shape index (κ2) is 4.87. The van der Waals surface area contributed by atoms with Crippen LogP contribution in [0.25, 0.3) is 0 Å². The van der Waals surface area contributed by atoms with E-state index in [1.807, 2.05) is 0 Å². The van der Waals surface area contributed by atoms with Crippen molar-refractivity contribution in [2.75, 3.05) is 6.61 Å². The molecule has 0 radical (unpaired) electrons. The highest BCUT2D eigenvalue weighted by atomic mass is 35.5. The highest BCUT2D eigenvalue weighted by Gasteiger charge is 2.27. The summed E-state index contributed by atoms with van der Waals surface area (Å²) in [6.45, 7) is 2.78. The monoisotopic (exact) mass is 192 g/mol. The molecule has 0 aliphatic heterocycles. The van der Waals surface area contributed by atoms with E-state index >= 15 is 0 Å². The number of halogens is 1. The number of ether oxygens (including phenoxy) is 1. The minimum absolute atomic E-state index is 0.0894. The van der Waals surface area contributed by atoms with E-state index < -0.39 is 22.9 Å². The van der Waals surface area contributed by atoms with Crippen molar-refractivity contribution in [1.82, 2.24) is 0 Å². The molecule has 0 bridgehead atoms. The number of esters is 1. The Morgan fingerprint density at radius 2 is 1.92 bits per heavy atom. The summed E-state index contributed by atoms with van der Waals surface area (Å²) in [6.07, 6.45) is 0. The molecule has 1 atom stereocenters. The van der Waals surface area contributed by atoms with Gasteiger partial charge in [-0.05, 0) is 13.8 Å². The van der Waals surface area contributed by atoms with Gasteiger partial charge in [-0.2, -0.15) is 0 Å². The fourth-order valence-electron chi connectivity index (χ4n) is 0.490. The minimum Gasteiger partial charge on any atom is -0.460 e. The number of hydrogen-bond acceptors (Lipinski definition) is 4. The quantitative estimate of drug-likeness (QED) is 0.279. The van der Waals surface area contributed by atoms with Crippen LogP contribution < -0.4 is 0 Å². The number of alkyl halides is 1. The van der Waals surface area contributed by atoms with E-state index in [0.29, 0.717) is 0 Å². The molecule has 0 heterocycles. The third-order valence-electron chi connectivity index (χ3n) is 1.06. The smallest absolute Gasteiger partial charge is 0.376 e. The summed E-state index contributed by atoms with van der Waals surface area (Å²) in [5, 5.41) is -1.41. The molecule has 68 valence electrons. The second-order valence-corrected chi connectivity index (χ2v) is 2.49. The zero-order chi connectivity index (χ0) is 9.72. The molecule has 0 saturated heterocycles. The molecule has 0 aliphatic carbocycles. The Morgan fingerprint density at radius 1 is 1.42 bits per heavy atom. The molecule has 0 aromatic carbocycles. The van der Waals surface area contributed by atoms with E-state index in [4.69, 9.17) is 11.6 Å². The van der Waals surface area contributed by atoms with Gasteiger partial charge in [0.25, 0.3) is 5.78 Å². The average Bonchev–Trinajstić information content (AvgIpc) is 2.02. The largest absolute Gasteiger partial charge is 0.460 e. The van der Waals surface area contributed by atoms with E-state index in [0.717, 1.165) is 6.92 Å². The highest BCUT2D eigenvalue weighted by Crippen LogP contribution is 2.00. The number of ketones is 2. The molecule has 0 amide bonds. The third kappa shape index (κ3) is 3.00. The van der Waals surface area contributed by atoms with E-state index in [1.54, 1.807) is 6.92 Å². The lowest BCUT2D eigenvalue weighted by molar-refractivity contribution is -0.154. The first-order valence-electron chi connectivity index (χ1n) is 3.36. The van der Waals surface area contributed by atoms with Crippen LogP contribution in [0, 0.1) is 0 Å². The molecule has 0 N–H and O–H groups in total. The summed E-state index contributed by atoms with van der Waals surface area (Å²) in [6, 6.07) is 0. The topological polar surface area (TPSA) is 60.4 Å². The minimum atomic E-state index is -1.41. The van der Waals surface area contributed by atoms with Gasteiger partial charge < -0.3 is 4.74 Å². The van der Waals surface area contributed by atoms with Crippen LogP contribution in [-0.2, 0) is 19.1 Å². The summed E-state index contributed by atoms with van der Waals surface area (Å²) >= 11 is 5.30. The number of carbonyl (C=O) groups is 3. The molecule has 0 aliphatic rings. The highest BCUT2D eigenvalue weighted by molar-refractivity contribution is 6.54. The van der Waals surface area contributed by atoms with E-state index in [-0.39, 0.29) is 6.61 Å². The van der Waals surface area contributed by atoms with Gasteiger partial charge in [-0.1, -0.05) is 0 Å². The van der Waals surface area contributed by atoms with Gasteiger partial charge in [0.05, 0.1) is 6.61 Å². The van der Waals surface area contributed by atoms with Gasteiger partial charge in [0.2, 0.25) is 0 Å². The van der Waals surface area contributed by atoms with Gasteiger partial charge in [0.15, 0.2) is 11.2 Å². The second-order valence-electron chi connectivity index (χ2n) is 2.06. The summed E-state index contributed by atoms with van der Waals surface area (Å²) in [4.78, 5) is 32.1. The first-order chi connectivity index (χ1) is 5.50. The van der Waals surface area contributed by atoms with Gasteiger partial charge in [-0.25, -0.2) is 4.79 Å². The van der Waals surface area contributed by atoms with Crippen molar-refractivity contribution in [2.24, 2.45) is 0 Å². The predicted octanol–water partition coefficient (Wildman–Crippen LogP) is 0.315. The first-order valence-corrected chi connectivity index (χ1v) is 3.79. The Morgan fingerprint density at radius 3 is 2.25 bits per heavy atom. The van der Waals surface area contributed by atoms with Crippen LogP contribution in [0.15, 0.2) is 0 Å².